The molecule has 3 aromatic carbocycles. The van der Waals surface area contributed by atoms with E-state index in [-0.39, 0.29) is 17.6 Å². The molecule has 5 rings (SSSR count). The minimum Gasteiger partial charge on any atom is -0.378 e. The Morgan fingerprint density at radius 3 is 2.32 bits per heavy atom. The number of fused-ring (bicyclic) bond motifs is 1. The van der Waals surface area contributed by atoms with Gasteiger partial charge < -0.3 is 10.2 Å². The summed E-state index contributed by atoms with van der Waals surface area (Å²) in [6, 6.07) is 26.1. The number of carbonyl (C=O) groups excluding carboxylic acids is 2. The first-order valence-corrected chi connectivity index (χ1v) is 13.7. The van der Waals surface area contributed by atoms with Crippen molar-refractivity contribution in [3.8, 4) is 0 Å². The van der Waals surface area contributed by atoms with E-state index in [1.165, 1.54) is 5.56 Å². The number of para-hydroxylation sites is 2. The maximum Gasteiger partial charge on any atom is 0.227 e. The summed E-state index contributed by atoms with van der Waals surface area (Å²) in [5, 5.41) is 3.63. The Bertz CT molecular complexity index is 1330. The lowest BCUT2D eigenvalue weighted by molar-refractivity contribution is -0.119. The van der Waals surface area contributed by atoms with Gasteiger partial charge in [0.2, 0.25) is 5.91 Å². The van der Waals surface area contributed by atoms with Gasteiger partial charge >= 0.3 is 0 Å². The lowest BCUT2D eigenvalue weighted by Crippen LogP contribution is -2.38. The number of anilines is 3. The molecular formula is C33H37N3O2. The third kappa shape index (κ3) is 5.10. The highest BCUT2D eigenvalue weighted by Gasteiger charge is 2.41. The molecule has 1 aliphatic carbocycles. The number of nitrogens with zero attached hydrogens (tertiary/aromatic N) is 2. The van der Waals surface area contributed by atoms with Crippen LogP contribution in [0.15, 0.2) is 90.1 Å². The largest absolute Gasteiger partial charge is 0.378 e. The molecule has 0 aromatic heterocycles. The van der Waals surface area contributed by atoms with Gasteiger partial charge in [-0.2, -0.15) is 0 Å². The van der Waals surface area contributed by atoms with Crippen LogP contribution >= 0.6 is 0 Å². The molecule has 1 amide bonds. The van der Waals surface area contributed by atoms with Crippen LogP contribution in [-0.4, -0.2) is 25.8 Å². The van der Waals surface area contributed by atoms with Crippen molar-refractivity contribution in [2.75, 3.05) is 29.2 Å². The lowest BCUT2D eigenvalue weighted by Gasteiger charge is -2.35. The summed E-state index contributed by atoms with van der Waals surface area (Å²) in [5.41, 5.74) is 6.55. The first-order valence-electron chi connectivity index (χ1n) is 13.7. The SMILES string of the molecule is CCCCCC(=O)N1c2ccccc2NC2=C(C(=O)CC(c3ccccc3)C2)C1c1ccc(N(C)C)cc1. The lowest BCUT2D eigenvalue weighted by atomic mass is 9.78. The van der Waals surface area contributed by atoms with Crippen molar-refractivity contribution in [1.82, 2.24) is 0 Å². The molecule has 5 heteroatoms. The number of ketones is 1. The molecule has 0 saturated heterocycles. The van der Waals surface area contributed by atoms with E-state index in [0.717, 1.165) is 59.6 Å². The van der Waals surface area contributed by atoms with Crippen LogP contribution in [-0.2, 0) is 9.59 Å². The fourth-order valence-corrected chi connectivity index (χ4v) is 5.74. The van der Waals surface area contributed by atoms with Crippen molar-refractivity contribution >= 4 is 28.8 Å². The Morgan fingerprint density at radius 1 is 0.895 bits per heavy atom. The van der Waals surface area contributed by atoms with Crippen molar-refractivity contribution in [3.05, 3.63) is 101 Å². The van der Waals surface area contributed by atoms with E-state index < -0.39 is 6.04 Å². The molecule has 3 aromatic rings. The Labute approximate surface area is 226 Å². The zero-order chi connectivity index (χ0) is 26.6. The highest BCUT2D eigenvalue weighted by atomic mass is 16.2. The van der Waals surface area contributed by atoms with E-state index in [1.807, 2.05) is 61.5 Å². The standard InChI is InChI=1S/C33H37N3O2/c1-4-5-7-16-31(38)36-29-15-11-10-14-27(29)34-28-21-25(23-12-8-6-9-13-23)22-30(37)32(28)33(36)24-17-19-26(20-18-24)35(2)3/h6,8-15,17-20,25,33-34H,4-5,7,16,21-22H2,1-3H3. The van der Waals surface area contributed by atoms with Gasteiger partial charge in [0.25, 0.3) is 0 Å². The fourth-order valence-electron chi connectivity index (χ4n) is 5.74. The van der Waals surface area contributed by atoms with E-state index >= 15 is 0 Å². The number of allylic oxidation sites excluding steroid dienone is 1. The van der Waals surface area contributed by atoms with Crippen molar-refractivity contribution in [1.29, 1.82) is 0 Å². The molecule has 0 spiro atoms. The first-order chi connectivity index (χ1) is 18.5. The number of carbonyl (C=O) groups is 2. The van der Waals surface area contributed by atoms with E-state index in [9.17, 15) is 9.59 Å². The zero-order valence-electron chi connectivity index (χ0n) is 22.6. The number of amides is 1. The van der Waals surface area contributed by atoms with Gasteiger partial charge in [0.05, 0.1) is 17.4 Å². The van der Waals surface area contributed by atoms with Crippen molar-refractivity contribution in [3.63, 3.8) is 0 Å². The van der Waals surface area contributed by atoms with Gasteiger partial charge in [-0.25, -0.2) is 0 Å². The number of rotatable bonds is 7. The highest BCUT2D eigenvalue weighted by Crippen LogP contribution is 2.47. The number of unbranched alkanes of at least 4 members (excludes halogenated alkanes) is 2. The van der Waals surface area contributed by atoms with Gasteiger partial charge in [0.1, 0.15) is 0 Å². The molecule has 0 saturated carbocycles. The van der Waals surface area contributed by atoms with E-state index in [2.05, 4.69) is 53.5 Å². The number of nitrogens with one attached hydrogen (secondary N) is 1. The quantitative estimate of drug-likeness (QED) is 0.343. The number of benzene rings is 3. The van der Waals surface area contributed by atoms with Crippen LogP contribution in [0.2, 0.25) is 0 Å². The molecule has 0 bridgehead atoms. The monoisotopic (exact) mass is 507 g/mol. The topological polar surface area (TPSA) is 52.7 Å². The molecule has 1 aliphatic heterocycles. The van der Waals surface area contributed by atoms with Crippen LogP contribution in [0, 0.1) is 0 Å². The summed E-state index contributed by atoms with van der Waals surface area (Å²) in [6.45, 7) is 2.14. The summed E-state index contributed by atoms with van der Waals surface area (Å²) in [6.07, 6.45) is 4.51. The smallest absolute Gasteiger partial charge is 0.227 e. The predicted molar refractivity (Wildman–Crippen MR) is 156 cm³/mol. The van der Waals surface area contributed by atoms with Crippen LogP contribution in [0.25, 0.3) is 0 Å². The second-order valence-corrected chi connectivity index (χ2v) is 10.6. The molecule has 1 heterocycles. The van der Waals surface area contributed by atoms with Gasteiger partial charge in [0, 0.05) is 43.9 Å². The van der Waals surface area contributed by atoms with Gasteiger partial charge in [-0.15, -0.1) is 0 Å². The van der Waals surface area contributed by atoms with Crippen LogP contribution in [0.1, 0.15) is 68.5 Å². The minimum absolute atomic E-state index is 0.0566. The first kappa shape index (κ1) is 25.8. The van der Waals surface area contributed by atoms with Crippen molar-refractivity contribution in [2.45, 2.75) is 57.4 Å². The molecular weight excluding hydrogens is 470 g/mol. The van der Waals surface area contributed by atoms with Gasteiger partial charge in [-0.3, -0.25) is 14.5 Å². The Balaban J connectivity index is 1.66. The zero-order valence-corrected chi connectivity index (χ0v) is 22.6. The van der Waals surface area contributed by atoms with Crippen LogP contribution < -0.4 is 15.1 Å². The van der Waals surface area contributed by atoms with Crippen LogP contribution in [0.4, 0.5) is 17.1 Å². The second-order valence-electron chi connectivity index (χ2n) is 10.6. The van der Waals surface area contributed by atoms with E-state index in [1.54, 1.807) is 0 Å². The summed E-state index contributed by atoms with van der Waals surface area (Å²) >= 11 is 0. The normalized spacial score (nSPS) is 18.8. The van der Waals surface area contributed by atoms with E-state index in [4.69, 9.17) is 0 Å². The molecule has 38 heavy (non-hydrogen) atoms. The molecule has 2 unspecified atom stereocenters. The summed E-state index contributed by atoms with van der Waals surface area (Å²) in [7, 11) is 4.03. The van der Waals surface area contributed by atoms with Crippen molar-refractivity contribution < 1.29 is 9.59 Å². The summed E-state index contributed by atoms with van der Waals surface area (Å²) in [4.78, 5) is 32.0. The number of hydrogen-bond donors (Lipinski definition) is 1. The highest BCUT2D eigenvalue weighted by molar-refractivity contribution is 6.06. The number of hydrogen-bond acceptors (Lipinski definition) is 4. The van der Waals surface area contributed by atoms with Gasteiger partial charge in [0.15, 0.2) is 5.78 Å². The Morgan fingerprint density at radius 2 is 1.61 bits per heavy atom. The second kappa shape index (κ2) is 11.3. The third-order valence-electron chi connectivity index (χ3n) is 7.75. The van der Waals surface area contributed by atoms with E-state index in [0.29, 0.717) is 12.8 Å². The summed E-state index contributed by atoms with van der Waals surface area (Å²) < 4.78 is 0. The fraction of sp³-hybridized carbons (Fsp3) is 0.333. The number of Topliss-reactive ketones (excluding diaryl/α,β-unsaturated/α-hetero) is 1. The molecule has 0 radical (unpaired) electrons. The molecule has 1 N–H and O–H groups in total. The average Bonchev–Trinajstić information content (AvgIpc) is 3.08. The molecule has 0 fully saturated rings. The maximum atomic E-state index is 14.1. The minimum atomic E-state index is -0.476. The summed E-state index contributed by atoms with van der Waals surface area (Å²) in [5.74, 6) is 0.264. The Kier molecular flexibility index (Phi) is 7.64. The Hall–Kier alpha value is -3.86. The molecule has 2 aliphatic rings. The average molecular weight is 508 g/mol. The van der Waals surface area contributed by atoms with Crippen LogP contribution in [0.5, 0.6) is 0 Å². The molecule has 196 valence electrons. The predicted octanol–water partition coefficient (Wildman–Crippen LogP) is 7.23. The maximum absolute atomic E-state index is 14.1. The molecule has 2 atom stereocenters. The van der Waals surface area contributed by atoms with Crippen LogP contribution in [0.3, 0.4) is 0 Å². The van der Waals surface area contributed by atoms with Gasteiger partial charge in [-0.05, 0) is 54.2 Å². The third-order valence-corrected chi connectivity index (χ3v) is 7.75. The van der Waals surface area contributed by atoms with Crippen molar-refractivity contribution in [2.24, 2.45) is 0 Å². The van der Waals surface area contributed by atoms with Gasteiger partial charge in [-0.1, -0.05) is 74.4 Å². The molecule has 5 nitrogen and oxygen atoms in total.